The lowest BCUT2D eigenvalue weighted by Crippen LogP contribution is -2.60. The fourth-order valence-electron chi connectivity index (χ4n) is 3.92. The van der Waals surface area contributed by atoms with Gasteiger partial charge in [-0.1, -0.05) is 68.7 Å². The summed E-state index contributed by atoms with van der Waals surface area (Å²) in [7, 11) is -1.62. The summed E-state index contributed by atoms with van der Waals surface area (Å²) in [6, 6.07) is 2.50. The van der Waals surface area contributed by atoms with E-state index >= 15 is 0 Å². The zero-order valence-corrected chi connectivity index (χ0v) is 16.9. The quantitative estimate of drug-likeness (QED) is 0.456. The summed E-state index contributed by atoms with van der Waals surface area (Å²) >= 11 is 0. The van der Waals surface area contributed by atoms with E-state index < -0.39 is 8.32 Å². The first-order valence-corrected chi connectivity index (χ1v) is 11.5. The van der Waals surface area contributed by atoms with E-state index in [9.17, 15) is 0 Å². The van der Waals surface area contributed by atoms with Gasteiger partial charge in [0.15, 0.2) is 8.32 Å². The van der Waals surface area contributed by atoms with Crippen LogP contribution in [0.1, 0.15) is 81.6 Å². The van der Waals surface area contributed by atoms with E-state index in [1.807, 2.05) is 0 Å². The Labute approximate surface area is 130 Å². The Balaban J connectivity index is 5.78. The lowest BCUT2D eigenvalue weighted by atomic mass is 9.59. The molecule has 0 spiro atoms. The molecule has 0 N–H and O–H groups in total. The normalized spacial score (nSPS) is 19.5. The Hall–Kier alpha value is 0.177. The molecule has 0 amide bonds. The van der Waals surface area contributed by atoms with Gasteiger partial charge in [-0.2, -0.15) is 0 Å². The van der Waals surface area contributed by atoms with Crippen LogP contribution in [0.2, 0.25) is 18.6 Å². The van der Waals surface area contributed by atoms with Crippen LogP contribution >= 0.6 is 0 Å². The van der Waals surface area contributed by atoms with Crippen LogP contribution in [0.25, 0.3) is 0 Å². The summed E-state index contributed by atoms with van der Waals surface area (Å²) in [5.41, 5.74) is 0.344. The van der Waals surface area contributed by atoms with Gasteiger partial charge in [0.25, 0.3) is 0 Å². The van der Waals surface area contributed by atoms with Gasteiger partial charge in [-0.05, 0) is 42.3 Å². The summed E-state index contributed by atoms with van der Waals surface area (Å²) in [4.78, 5) is 0. The van der Waals surface area contributed by atoms with Crippen molar-refractivity contribution in [1.82, 2.24) is 0 Å². The Kier molecular flexibility index (Phi) is 7.02. The molecular formula is C18H40OSi. The van der Waals surface area contributed by atoms with Crippen LogP contribution in [-0.2, 0) is 4.43 Å². The molecule has 2 unspecified atom stereocenters. The molecule has 0 aromatic heterocycles. The molecule has 20 heavy (non-hydrogen) atoms. The van der Waals surface area contributed by atoms with E-state index in [0.717, 1.165) is 6.42 Å². The highest BCUT2D eigenvalue weighted by Crippen LogP contribution is 2.52. The van der Waals surface area contributed by atoms with Crippen molar-refractivity contribution in [2.45, 2.75) is 106 Å². The molecule has 0 saturated heterocycles. The smallest absolute Gasteiger partial charge is 0.190 e. The maximum Gasteiger partial charge on any atom is 0.190 e. The second-order valence-electron chi connectivity index (χ2n) is 8.32. The molecule has 0 aromatic carbocycles. The van der Waals surface area contributed by atoms with Gasteiger partial charge in [0.05, 0.1) is 5.60 Å². The minimum Gasteiger partial charge on any atom is -0.411 e. The van der Waals surface area contributed by atoms with Crippen LogP contribution in [-0.4, -0.2) is 13.9 Å². The maximum absolute atomic E-state index is 7.12. The highest BCUT2D eigenvalue weighted by molar-refractivity contribution is 6.72. The lowest BCUT2D eigenvalue weighted by molar-refractivity contribution is -0.134. The minimum absolute atomic E-state index is 0.0269. The van der Waals surface area contributed by atoms with Gasteiger partial charge in [0, 0.05) is 0 Å². The van der Waals surface area contributed by atoms with E-state index in [2.05, 4.69) is 68.9 Å². The van der Waals surface area contributed by atoms with E-state index in [1.165, 1.54) is 24.9 Å². The Bertz CT molecular complexity index is 292. The van der Waals surface area contributed by atoms with Gasteiger partial charge in [0.1, 0.15) is 0 Å². The SMILES string of the molecule is CCC[Si](C)(CC)OC(CC)(C(C)(C)C)C(C)(C)CC. The van der Waals surface area contributed by atoms with Crippen LogP contribution in [0.3, 0.4) is 0 Å². The molecule has 0 saturated carbocycles. The fourth-order valence-corrected chi connectivity index (χ4v) is 7.15. The van der Waals surface area contributed by atoms with Gasteiger partial charge >= 0.3 is 0 Å². The first-order valence-electron chi connectivity index (χ1n) is 8.65. The Morgan fingerprint density at radius 2 is 1.35 bits per heavy atom. The zero-order valence-electron chi connectivity index (χ0n) is 15.9. The van der Waals surface area contributed by atoms with Crippen molar-refractivity contribution in [3.8, 4) is 0 Å². The monoisotopic (exact) mass is 300 g/mol. The topological polar surface area (TPSA) is 9.23 Å². The molecule has 0 aliphatic heterocycles. The summed E-state index contributed by atoms with van der Waals surface area (Å²) in [6.45, 7) is 23.6. The van der Waals surface area contributed by atoms with Gasteiger partial charge < -0.3 is 4.43 Å². The second kappa shape index (κ2) is 6.96. The van der Waals surface area contributed by atoms with Crippen LogP contribution in [0, 0.1) is 10.8 Å². The van der Waals surface area contributed by atoms with Crippen LogP contribution in [0.4, 0.5) is 0 Å². The molecule has 0 fully saturated rings. The van der Waals surface area contributed by atoms with Crippen LogP contribution in [0.15, 0.2) is 0 Å². The maximum atomic E-state index is 7.12. The minimum atomic E-state index is -1.62. The van der Waals surface area contributed by atoms with Crippen molar-refractivity contribution in [2.75, 3.05) is 0 Å². The van der Waals surface area contributed by atoms with Crippen molar-refractivity contribution in [3.63, 3.8) is 0 Å². The van der Waals surface area contributed by atoms with Gasteiger partial charge in [-0.25, -0.2) is 0 Å². The molecule has 0 heterocycles. The third-order valence-corrected chi connectivity index (χ3v) is 9.53. The predicted molar refractivity (Wildman–Crippen MR) is 94.8 cm³/mol. The highest BCUT2D eigenvalue weighted by Gasteiger charge is 2.54. The number of hydrogen-bond acceptors (Lipinski definition) is 1. The molecule has 2 atom stereocenters. The molecule has 0 rings (SSSR count). The molecular weight excluding hydrogens is 260 g/mol. The molecule has 0 bridgehead atoms. The van der Waals surface area contributed by atoms with E-state index in [-0.39, 0.29) is 16.4 Å². The molecule has 0 aromatic rings. The van der Waals surface area contributed by atoms with Gasteiger partial charge in [-0.15, -0.1) is 0 Å². The number of hydrogen-bond donors (Lipinski definition) is 0. The highest BCUT2D eigenvalue weighted by atomic mass is 28.4. The third-order valence-electron chi connectivity index (χ3n) is 5.63. The summed E-state index contributed by atoms with van der Waals surface area (Å²) in [6.07, 6.45) is 3.51. The summed E-state index contributed by atoms with van der Waals surface area (Å²) in [5, 5.41) is 0. The first-order chi connectivity index (χ1) is 8.95. The van der Waals surface area contributed by atoms with E-state index in [0.29, 0.717) is 0 Å². The zero-order chi connectivity index (χ0) is 16.2. The van der Waals surface area contributed by atoms with Crippen molar-refractivity contribution in [2.24, 2.45) is 10.8 Å². The summed E-state index contributed by atoms with van der Waals surface area (Å²) in [5.74, 6) is 0. The largest absolute Gasteiger partial charge is 0.411 e. The fraction of sp³-hybridized carbons (Fsp3) is 1.00. The average Bonchev–Trinajstić information content (AvgIpc) is 2.34. The van der Waals surface area contributed by atoms with E-state index in [4.69, 9.17) is 4.43 Å². The summed E-state index contributed by atoms with van der Waals surface area (Å²) < 4.78 is 7.12. The Morgan fingerprint density at radius 3 is 1.60 bits per heavy atom. The van der Waals surface area contributed by atoms with Crippen molar-refractivity contribution in [1.29, 1.82) is 0 Å². The van der Waals surface area contributed by atoms with Crippen molar-refractivity contribution < 1.29 is 4.43 Å². The molecule has 0 aliphatic carbocycles. The van der Waals surface area contributed by atoms with Gasteiger partial charge in [-0.3, -0.25) is 0 Å². The van der Waals surface area contributed by atoms with Gasteiger partial charge in [0.2, 0.25) is 0 Å². The van der Waals surface area contributed by atoms with Crippen LogP contribution < -0.4 is 0 Å². The standard InChI is InChI=1S/C18H40OSi/c1-11-15-20(10,14-4)19-18(13-3,16(5,6)7)17(8,9)12-2/h11-15H2,1-10H3. The first kappa shape index (κ1) is 20.2. The van der Waals surface area contributed by atoms with Crippen molar-refractivity contribution >= 4 is 8.32 Å². The predicted octanol–water partition coefficient (Wildman–Crippen LogP) is 6.64. The second-order valence-corrected chi connectivity index (χ2v) is 12.6. The molecule has 2 heteroatoms. The molecule has 1 nitrogen and oxygen atoms in total. The van der Waals surface area contributed by atoms with Crippen molar-refractivity contribution in [3.05, 3.63) is 0 Å². The molecule has 0 aliphatic rings. The number of rotatable bonds is 8. The van der Waals surface area contributed by atoms with E-state index in [1.54, 1.807) is 0 Å². The average molecular weight is 301 g/mol. The lowest BCUT2D eigenvalue weighted by Gasteiger charge is -2.57. The molecule has 122 valence electrons. The molecule has 0 radical (unpaired) electrons. The third kappa shape index (κ3) is 3.88. The Morgan fingerprint density at radius 1 is 0.850 bits per heavy atom. The van der Waals surface area contributed by atoms with Crippen LogP contribution in [0.5, 0.6) is 0 Å².